The quantitative estimate of drug-likeness (QED) is 0.576. The monoisotopic (exact) mass is 319 g/mol. The molecule has 2 nitrogen and oxygen atoms in total. The van der Waals surface area contributed by atoms with Gasteiger partial charge in [-0.3, -0.25) is 4.79 Å². The summed E-state index contributed by atoms with van der Waals surface area (Å²) in [6.45, 7) is 10.4. The van der Waals surface area contributed by atoms with E-state index in [1.54, 1.807) is 17.9 Å². The number of hydrogen-bond donors (Lipinski definition) is 0. The number of allylic oxidation sites excluding steroid dienone is 1. The standard InChI is InChI=1S/C20H30FNO/c1-6-9-16(10-7-2)11-12-22(5)20(23)18-14-17(8-3)19(21)13-15(18)4/h6,13-14,16H,1,7-12H2,2-5H3. The minimum Gasteiger partial charge on any atom is -0.342 e. The maximum absolute atomic E-state index is 13.8. The van der Waals surface area contributed by atoms with Crippen LogP contribution in [0.25, 0.3) is 0 Å². The van der Waals surface area contributed by atoms with E-state index in [-0.39, 0.29) is 11.7 Å². The molecule has 3 heteroatoms. The van der Waals surface area contributed by atoms with Gasteiger partial charge in [-0.05, 0) is 55.4 Å². The topological polar surface area (TPSA) is 20.3 Å². The zero-order chi connectivity index (χ0) is 17.4. The van der Waals surface area contributed by atoms with Gasteiger partial charge in [0.1, 0.15) is 5.82 Å². The van der Waals surface area contributed by atoms with Gasteiger partial charge in [0.05, 0.1) is 0 Å². The van der Waals surface area contributed by atoms with Gasteiger partial charge in [0, 0.05) is 19.2 Å². The lowest BCUT2D eigenvalue weighted by molar-refractivity contribution is 0.0785. The number of nitrogens with zero attached hydrogens (tertiary/aromatic N) is 1. The number of hydrogen-bond acceptors (Lipinski definition) is 1. The van der Waals surface area contributed by atoms with Crippen LogP contribution in [-0.4, -0.2) is 24.4 Å². The fourth-order valence-electron chi connectivity index (χ4n) is 2.93. The maximum atomic E-state index is 13.8. The van der Waals surface area contributed by atoms with Gasteiger partial charge >= 0.3 is 0 Å². The van der Waals surface area contributed by atoms with Crippen molar-refractivity contribution in [1.82, 2.24) is 4.90 Å². The minimum atomic E-state index is -0.224. The zero-order valence-electron chi connectivity index (χ0n) is 15.0. The van der Waals surface area contributed by atoms with Crippen molar-refractivity contribution in [3.05, 3.63) is 47.3 Å². The molecule has 0 aliphatic carbocycles. The molecule has 1 aromatic carbocycles. The Bertz CT molecular complexity index is 539. The van der Waals surface area contributed by atoms with Crippen molar-refractivity contribution in [2.75, 3.05) is 13.6 Å². The van der Waals surface area contributed by atoms with E-state index in [4.69, 9.17) is 0 Å². The molecule has 1 aromatic rings. The van der Waals surface area contributed by atoms with Crippen LogP contribution in [0.4, 0.5) is 4.39 Å². The number of amides is 1. The van der Waals surface area contributed by atoms with Crippen LogP contribution < -0.4 is 0 Å². The Morgan fingerprint density at radius 3 is 2.61 bits per heavy atom. The fraction of sp³-hybridized carbons (Fsp3) is 0.550. The molecule has 23 heavy (non-hydrogen) atoms. The highest BCUT2D eigenvalue weighted by Gasteiger charge is 2.17. The predicted molar refractivity (Wildman–Crippen MR) is 95.3 cm³/mol. The summed E-state index contributed by atoms with van der Waals surface area (Å²) in [5.74, 6) is 0.331. The number of carbonyl (C=O) groups is 1. The Balaban J connectivity index is 2.78. The summed E-state index contributed by atoms with van der Waals surface area (Å²) in [6.07, 6.45) is 6.82. The highest BCUT2D eigenvalue weighted by molar-refractivity contribution is 5.95. The molecule has 0 radical (unpaired) electrons. The van der Waals surface area contributed by atoms with Crippen LogP contribution in [0.2, 0.25) is 0 Å². The molecule has 0 bridgehead atoms. The van der Waals surface area contributed by atoms with Crippen LogP contribution in [0.5, 0.6) is 0 Å². The molecule has 1 atom stereocenters. The summed E-state index contributed by atoms with van der Waals surface area (Å²) in [6, 6.07) is 3.17. The van der Waals surface area contributed by atoms with Crippen molar-refractivity contribution in [2.45, 2.75) is 52.9 Å². The van der Waals surface area contributed by atoms with Crippen molar-refractivity contribution in [3.8, 4) is 0 Å². The van der Waals surface area contributed by atoms with Crippen LogP contribution in [0, 0.1) is 18.7 Å². The molecule has 0 saturated carbocycles. The first-order chi connectivity index (χ1) is 10.9. The molecule has 0 fully saturated rings. The lowest BCUT2D eigenvalue weighted by Gasteiger charge is -2.22. The normalized spacial score (nSPS) is 12.0. The Hall–Kier alpha value is -1.64. The molecule has 0 heterocycles. The third-order valence-electron chi connectivity index (χ3n) is 4.42. The molecule has 1 rings (SSSR count). The molecule has 1 amide bonds. The van der Waals surface area contributed by atoms with Crippen LogP contribution in [0.15, 0.2) is 24.8 Å². The van der Waals surface area contributed by atoms with E-state index >= 15 is 0 Å². The first-order valence-electron chi connectivity index (χ1n) is 8.59. The van der Waals surface area contributed by atoms with Crippen LogP contribution in [-0.2, 0) is 6.42 Å². The highest BCUT2D eigenvalue weighted by atomic mass is 19.1. The smallest absolute Gasteiger partial charge is 0.253 e. The summed E-state index contributed by atoms with van der Waals surface area (Å²) in [5.41, 5.74) is 1.91. The molecule has 0 saturated heterocycles. The third kappa shape index (κ3) is 5.49. The first kappa shape index (κ1) is 19.4. The van der Waals surface area contributed by atoms with Crippen molar-refractivity contribution in [1.29, 1.82) is 0 Å². The molecule has 0 aliphatic heterocycles. The zero-order valence-corrected chi connectivity index (χ0v) is 15.0. The van der Waals surface area contributed by atoms with Gasteiger partial charge in [0.2, 0.25) is 0 Å². The molecule has 0 aliphatic rings. The molecule has 128 valence electrons. The summed E-state index contributed by atoms with van der Waals surface area (Å²) < 4.78 is 13.8. The Labute approximate surface area is 140 Å². The second kappa shape index (κ2) is 9.49. The van der Waals surface area contributed by atoms with E-state index in [9.17, 15) is 9.18 Å². The second-order valence-corrected chi connectivity index (χ2v) is 6.31. The second-order valence-electron chi connectivity index (χ2n) is 6.31. The van der Waals surface area contributed by atoms with E-state index in [1.165, 1.54) is 6.07 Å². The average Bonchev–Trinajstić information content (AvgIpc) is 2.52. The largest absolute Gasteiger partial charge is 0.342 e. The predicted octanol–water partition coefficient (Wildman–Crippen LogP) is 5.15. The maximum Gasteiger partial charge on any atom is 0.253 e. The number of aryl methyl sites for hydroxylation is 2. The number of benzene rings is 1. The van der Waals surface area contributed by atoms with Gasteiger partial charge in [0.15, 0.2) is 0 Å². The summed E-state index contributed by atoms with van der Waals surface area (Å²) in [7, 11) is 1.83. The number of carbonyl (C=O) groups excluding carboxylic acids is 1. The van der Waals surface area contributed by atoms with E-state index in [1.807, 2.05) is 20.0 Å². The van der Waals surface area contributed by atoms with Gasteiger partial charge in [-0.1, -0.05) is 32.8 Å². The van der Waals surface area contributed by atoms with Gasteiger partial charge in [-0.25, -0.2) is 4.39 Å². The van der Waals surface area contributed by atoms with Crippen molar-refractivity contribution in [2.24, 2.45) is 5.92 Å². The van der Waals surface area contributed by atoms with E-state index in [0.717, 1.165) is 32.2 Å². The summed E-state index contributed by atoms with van der Waals surface area (Å²) in [4.78, 5) is 14.4. The van der Waals surface area contributed by atoms with Gasteiger partial charge < -0.3 is 4.90 Å². The summed E-state index contributed by atoms with van der Waals surface area (Å²) >= 11 is 0. The average molecular weight is 319 g/mol. The minimum absolute atomic E-state index is 0.0222. The van der Waals surface area contributed by atoms with E-state index < -0.39 is 0 Å². The van der Waals surface area contributed by atoms with Gasteiger partial charge in [0.25, 0.3) is 5.91 Å². The van der Waals surface area contributed by atoms with Crippen LogP contribution >= 0.6 is 0 Å². The molecule has 0 spiro atoms. The highest BCUT2D eigenvalue weighted by Crippen LogP contribution is 2.20. The molecule has 0 N–H and O–H groups in total. The fourth-order valence-corrected chi connectivity index (χ4v) is 2.93. The SMILES string of the molecule is C=CCC(CCC)CCN(C)C(=O)c1cc(CC)c(F)cc1C. The third-order valence-corrected chi connectivity index (χ3v) is 4.42. The molecular formula is C20H30FNO. The Kier molecular flexibility index (Phi) is 8.01. The van der Waals surface area contributed by atoms with Crippen molar-refractivity contribution >= 4 is 5.91 Å². The van der Waals surface area contributed by atoms with Crippen LogP contribution in [0.3, 0.4) is 0 Å². The van der Waals surface area contributed by atoms with Crippen molar-refractivity contribution < 1.29 is 9.18 Å². The van der Waals surface area contributed by atoms with Crippen LogP contribution in [0.1, 0.15) is 61.0 Å². The summed E-state index contributed by atoms with van der Waals surface area (Å²) in [5, 5.41) is 0. The number of rotatable bonds is 9. The molecule has 0 aromatic heterocycles. The molecular weight excluding hydrogens is 289 g/mol. The number of halogens is 1. The lowest BCUT2D eigenvalue weighted by atomic mass is 9.95. The Morgan fingerprint density at radius 2 is 2.04 bits per heavy atom. The van der Waals surface area contributed by atoms with E-state index in [2.05, 4.69) is 13.5 Å². The first-order valence-corrected chi connectivity index (χ1v) is 8.59. The van der Waals surface area contributed by atoms with E-state index in [0.29, 0.717) is 29.0 Å². The lowest BCUT2D eigenvalue weighted by Crippen LogP contribution is -2.29. The van der Waals surface area contributed by atoms with Crippen molar-refractivity contribution in [3.63, 3.8) is 0 Å². The molecule has 1 unspecified atom stereocenters. The Morgan fingerprint density at radius 1 is 1.35 bits per heavy atom. The van der Waals surface area contributed by atoms with Gasteiger partial charge in [-0.2, -0.15) is 0 Å². The van der Waals surface area contributed by atoms with Gasteiger partial charge in [-0.15, -0.1) is 6.58 Å².